The number of carbonyl (C=O) groups excluding carboxylic acids is 3. The Hall–Kier alpha value is -2.45. The smallest absolute Gasteiger partial charge is 0.308 e. The third-order valence-corrected chi connectivity index (χ3v) is 3.23. The van der Waals surface area contributed by atoms with Crippen LogP contribution < -0.4 is 15.4 Å². The van der Waals surface area contributed by atoms with Crippen LogP contribution in [-0.4, -0.2) is 31.1 Å². The van der Waals surface area contributed by atoms with Crippen LogP contribution in [-0.2, 0) is 30.4 Å². The quantitative estimate of drug-likeness (QED) is 0.404. The lowest BCUT2D eigenvalue weighted by atomic mass is 9.96. The van der Waals surface area contributed by atoms with Gasteiger partial charge in [0.05, 0.1) is 13.2 Å². The molecule has 0 amide bonds. The summed E-state index contributed by atoms with van der Waals surface area (Å²) in [5, 5.41) is 0. The van der Waals surface area contributed by atoms with Gasteiger partial charge < -0.3 is 19.0 Å². The van der Waals surface area contributed by atoms with Crippen LogP contribution >= 0.6 is 0 Å². The maximum atomic E-state index is 11.3. The van der Waals surface area contributed by atoms with E-state index < -0.39 is 11.9 Å². The highest BCUT2D eigenvalue weighted by Gasteiger charge is 2.17. The zero-order valence-corrected chi connectivity index (χ0v) is 14.6. The fourth-order valence-electron chi connectivity index (χ4n) is 2.21. The number of esters is 3. The van der Waals surface area contributed by atoms with Gasteiger partial charge in [0, 0.05) is 26.8 Å². The van der Waals surface area contributed by atoms with E-state index in [0.29, 0.717) is 25.0 Å². The first-order chi connectivity index (χ1) is 11.8. The molecule has 25 heavy (non-hydrogen) atoms. The van der Waals surface area contributed by atoms with E-state index in [1.165, 1.54) is 26.8 Å². The molecular formula is C17H23NO7. The minimum atomic E-state index is -0.497. The monoisotopic (exact) mass is 353 g/mol. The fourth-order valence-corrected chi connectivity index (χ4v) is 2.21. The van der Waals surface area contributed by atoms with Crippen molar-refractivity contribution in [3.05, 3.63) is 23.8 Å². The molecule has 138 valence electrons. The predicted molar refractivity (Wildman–Crippen MR) is 87.6 cm³/mol. The van der Waals surface area contributed by atoms with Gasteiger partial charge in [-0.15, -0.1) is 0 Å². The number of ether oxygens (including phenoxy) is 3. The summed E-state index contributed by atoms with van der Waals surface area (Å²) in [6.45, 7) is 4.36. The van der Waals surface area contributed by atoms with E-state index >= 15 is 0 Å². The third kappa shape index (κ3) is 8.27. The molecule has 0 radical (unpaired) electrons. The highest BCUT2D eigenvalue weighted by Crippen LogP contribution is 2.28. The van der Waals surface area contributed by atoms with E-state index in [4.69, 9.17) is 20.1 Å². The molecule has 8 heteroatoms. The van der Waals surface area contributed by atoms with Crippen LogP contribution in [0.5, 0.6) is 11.5 Å². The van der Waals surface area contributed by atoms with Crippen LogP contribution in [0.15, 0.2) is 18.2 Å². The molecule has 0 heterocycles. The van der Waals surface area contributed by atoms with Crippen LogP contribution in [0.2, 0.25) is 0 Å². The lowest BCUT2D eigenvalue weighted by Crippen LogP contribution is -2.18. The maximum Gasteiger partial charge on any atom is 0.308 e. The Kier molecular flexibility index (Phi) is 8.59. The van der Waals surface area contributed by atoms with E-state index in [0.717, 1.165) is 0 Å². The molecule has 0 aliphatic heterocycles. The van der Waals surface area contributed by atoms with Gasteiger partial charge in [0.25, 0.3) is 0 Å². The number of benzene rings is 1. The molecule has 0 aromatic heterocycles. The zero-order valence-electron chi connectivity index (χ0n) is 14.6. The summed E-state index contributed by atoms with van der Waals surface area (Å²) in [5.74, 6) is 4.18. The van der Waals surface area contributed by atoms with Crippen molar-refractivity contribution in [2.75, 3.05) is 13.2 Å². The Labute approximate surface area is 146 Å². The van der Waals surface area contributed by atoms with Gasteiger partial charge in [0.2, 0.25) is 0 Å². The molecule has 0 spiro atoms. The van der Waals surface area contributed by atoms with Crippen LogP contribution in [0.25, 0.3) is 0 Å². The average Bonchev–Trinajstić information content (AvgIpc) is 2.50. The summed E-state index contributed by atoms with van der Waals surface area (Å²) in [7, 11) is 0. The molecule has 1 unspecified atom stereocenters. The summed E-state index contributed by atoms with van der Waals surface area (Å²) in [6.07, 6.45) is 1.01. The van der Waals surface area contributed by atoms with E-state index in [-0.39, 0.29) is 30.0 Å². The highest BCUT2D eigenvalue weighted by atomic mass is 16.6. The molecule has 0 saturated carbocycles. The summed E-state index contributed by atoms with van der Waals surface area (Å²) < 4.78 is 15.3. The fraction of sp³-hybridized carbons (Fsp3) is 0.471. The summed E-state index contributed by atoms with van der Waals surface area (Å²) in [5.41, 5.74) is 0.709. The SMILES string of the molecule is CC(=O)OCC(CCON)Cc1ccc(OC(C)=O)cc1OC(C)=O. The second-order valence-corrected chi connectivity index (χ2v) is 5.49. The van der Waals surface area contributed by atoms with Gasteiger partial charge >= 0.3 is 17.9 Å². The minimum absolute atomic E-state index is 0.0821. The molecule has 0 fully saturated rings. The van der Waals surface area contributed by atoms with Gasteiger partial charge in [-0.2, -0.15) is 0 Å². The van der Waals surface area contributed by atoms with Crippen molar-refractivity contribution in [2.24, 2.45) is 11.8 Å². The van der Waals surface area contributed by atoms with Gasteiger partial charge in [-0.25, -0.2) is 5.90 Å². The average molecular weight is 353 g/mol. The van der Waals surface area contributed by atoms with Crippen molar-refractivity contribution in [1.29, 1.82) is 0 Å². The Balaban J connectivity index is 2.98. The van der Waals surface area contributed by atoms with Crippen LogP contribution in [0.1, 0.15) is 32.8 Å². The molecule has 0 aliphatic carbocycles. The van der Waals surface area contributed by atoms with Crippen molar-refractivity contribution in [3.63, 3.8) is 0 Å². The highest BCUT2D eigenvalue weighted by molar-refractivity contribution is 5.71. The van der Waals surface area contributed by atoms with Crippen LogP contribution in [0.3, 0.4) is 0 Å². The van der Waals surface area contributed by atoms with Crippen molar-refractivity contribution < 1.29 is 33.4 Å². The first-order valence-corrected chi connectivity index (χ1v) is 7.76. The molecular weight excluding hydrogens is 330 g/mol. The molecule has 8 nitrogen and oxygen atoms in total. The van der Waals surface area contributed by atoms with Gasteiger partial charge in [-0.3, -0.25) is 14.4 Å². The zero-order chi connectivity index (χ0) is 18.8. The van der Waals surface area contributed by atoms with Gasteiger partial charge in [-0.05, 0) is 30.4 Å². The molecule has 1 atom stereocenters. The van der Waals surface area contributed by atoms with Gasteiger partial charge in [0.1, 0.15) is 11.5 Å². The number of rotatable bonds is 9. The van der Waals surface area contributed by atoms with Crippen molar-refractivity contribution >= 4 is 17.9 Å². The predicted octanol–water partition coefficient (Wildman–Crippen LogP) is 1.54. The Morgan fingerprint density at radius 1 is 1.04 bits per heavy atom. The van der Waals surface area contributed by atoms with Crippen LogP contribution in [0.4, 0.5) is 0 Å². The number of hydrogen-bond donors (Lipinski definition) is 1. The van der Waals surface area contributed by atoms with Gasteiger partial charge in [0.15, 0.2) is 0 Å². The van der Waals surface area contributed by atoms with E-state index in [1.807, 2.05) is 0 Å². The number of nitrogens with two attached hydrogens (primary N) is 1. The topological polar surface area (TPSA) is 114 Å². The maximum absolute atomic E-state index is 11.3. The van der Waals surface area contributed by atoms with Crippen LogP contribution in [0, 0.1) is 5.92 Å². The minimum Gasteiger partial charge on any atom is -0.466 e. The Morgan fingerprint density at radius 2 is 1.72 bits per heavy atom. The first kappa shape index (κ1) is 20.6. The normalized spacial score (nSPS) is 11.5. The first-order valence-electron chi connectivity index (χ1n) is 7.76. The molecule has 1 rings (SSSR count). The standard InChI is InChI=1S/C17H23NO7/c1-11(19)22-10-14(6-7-23-18)8-15-4-5-16(24-12(2)20)9-17(15)25-13(3)21/h4-5,9,14H,6-8,10,18H2,1-3H3. The second-order valence-electron chi connectivity index (χ2n) is 5.49. The molecule has 0 aliphatic rings. The number of carbonyl (C=O) groups is 3. The van der Waals surface area contributed by atoms with E-state index in [1.54, 1.807) is 12.1 Å². The molecule has 0 bridgehead atoms. The van der Waals surface area contributed by atoms with Crippen molar-refractivity contribution in [1.82, 2.24) is 0 Å². The number of hydrogen-bond acceptors (Lipinski definition) is 8. The third-order valence-electron chi connectivity index (χ3n) is 3.23. The molecule has 2 N–H and O–H groups in total. The lowest BCUT2D eigenvalue weighted by Gasteiger charge is -2.18. The molecule has 1 aromatic rings. The van der Waals surface area contributed by atoms with Crippen molar-refractivity contribution in [3.8, 4) is 11.5 Å². The summed E-state index contributed by atoms with van der Waals surface area (Å²) in [4.78, 5) is 38.0. The molecule has 1 aromatic carbocycles. The second kappa shape index (κ2) is 10.4. The van der Waals surface area contributed by atoms with E-state index in [9.17, 15) is 14.4 Å². The molecule has 0 saturated heterocycles. The van der Waals surface area contributed by atoms with Gasteiger partial charge in [-0.1, -0.05) is 6.07 Å². The Bertz CT molecular complexity index is 615. The summed E-state index contributed by atoms with van der Waals surface area (Å²) in [6, 6.07) is 4.77. The summed E-state index contributed by atoms with van der Waals surface area (Å²) >= 11 is 0. The Morgan fingerprint density at radius 3 is 2.28 bits per heavy atom. The largest absolute Gasteiger partial charge is 0.466 e. The van der Waals surface area contributed by atoms with E-state index in [2.05, 4.69) is 4.84 Å². The van der Waals surface area contributed by atoms with Crippen molar-refractivity contribution in [2.45, 2.75) is 33.6 Å². The lowest BCUT2D eigenvalue weighted by molar-refractivity contribution is -0.142.